The van der Waals surface area contributed by atoms with Crippen LogP contribution in [0.15, 0.2) is 77.7 Å². The van der Waals surface area contributed by atoms with Gasteiger partial charge in [0.25, 0.3) is 5.91 Å². The van der Waals surface area contributed by atoms with Gasteiger partial charge in [-0.3, -0.25) is 9.59 Å². The molecule has 0 bridgehead atoms. The van der Waals surface area contributed by atoms with E-state index in [0.717, 1.165) is 0 Å². The number of hydrogen-bond donors (Lipinski definition) is 5. The first-order valence-electron chi connectivity index (χ1n) is 9.60. The molecule has 7 N–H and O–H groups in total. The Morgan fingerprint density at radius 3 is 2.03 bits per heavy atom. The van der Waals surface area contributed by atoms with Gasteiger partial charge in [0.1, 0.15) is 0 Å². The Labute approximate surface area is 190 Å². The highest BCUT2D eigenvalue weighted by atomic mass is 32.2. The number of primary amides is 1. The molecule has 11 heteroatoms. The lowest BCUT2D eigenvalue weighted by Gasteiger charge is -2.10. The summed E-state index contributed by atoms with van der Waals surface area (Å²) in [5.74, 6) is -0.946. The highest BCUT2D eigenvalue weighted by molar-refractivity contribution is 7.89. The molecule has 3 aromatic carbocycles. The van der Waals surface area contributed by atoms with E-state index in [4.69, 9.17) is 10.9 Å². The van der Waals surface area contributed by atoms with Crippen LogP contribution in [-0.2, 0) is 16.6 Å². The number of nitrogens with two attached hydrogens (primary N) is 2. The molecule has 0 spiro atoms. The molecule has 0 unspecified atom stereocenters. The summed E-state index contributed by atoms with van der Waals surface area (Å²) < 4.78 is 22.6. The highest BCUT2D eigenvalue weighted by Gasteiger charge is 2.10. The molecule has 170 valence electrons. The molecule has 3 rings (SSSR count). The summed E-state index contributed by atoms with van der Waals surface area (Å²) in [6.45, 7) is 0.191. The van der Waals surface area contributed by atoms with Crippen molar-refractivity contribution < 1.29 is 22.8 Å². The molecule has 4 amide bonds. The minimum atomic E-state index is -3.77. The first kappa shape index (κ1) is 23.4. The third kappa shape index (κ3) is 6.63. The molecule has 0 saturated carbocycles. The van der Waals surface area contributed by atoms with E-state index in [1.807, 2.05) is 0 Å². The van der Waals surface area contributed by atoms with E-state index in [1.54, 1.807) is 48.5 Å². The molecule has 0 aliphatic carbocycles. The number of carbonyl (C=O) groups is 3. The predicted molar refractivity (Wildman–Crippen MR) is 123 cm³/mol. The van der Waals surface area contributed by atoms with Gasteiger partial charge in [0, 0.05) is 29.0 Å². The van der Waals surface area contributed by atoms with Crippen LogP contribution in [0.4, 0.5) is 16.2 Å². The number of anilines is 2. The molecular formula is C22H21N5O5S. The van der Waals surface area contributed by atoms with E-state index < -0.39 is 22.0 Å². The minimum Gasteiger partial charge on any atom is -0.366 e. The topological polar surface area (TPSA) is 173 Å². The fraction of sp³-hybridized carbons (Fsp3) is 0.0455. The third-order valence-corrected chi connectivity index (χ3v) is 5.44. The van der Waals surface area contributed by atoms with Crippen LogP contribution in [0.25, 0.3) is 0 Å². The normalized spacial score (nSPS) is 10.8. The second-order valence-corrected chi connectivity index (χ2v) is 8.53. The SMILES string of the molecule is NC(=O)c1cccc(NC(=O)Nc2ccc(C(=O)NCc3ccc(S(N)(=O)=O)cc3)cc2)c1. The molecule has 0 heterocycles. The largest absolute Gasteiger partial charge is 0.366 e. The van der Waals surface area contributed by atoms with Crippen molar-refractivity contribution in [3.63, 3.8) is 0 Å². The standard InChI is InChI=1S/C22H21N5O5S/c23-20(28)16-2-1-3-18(12-16)27-22(30)26-17-8-6-15(7-9-17)21(29)25-13-14-4-10-19(11-5-14)33(24,31)32/h1-12H,13H2,(H2,23,28)(H,25,29)(H2,24,31,32)(H2,26,27,30). The van der Waals surface area contributed by atoms with E-state index in [9.17, 15) is 22.8 Å². The van der Waals surface area contributed by atoms with Gasteiger partial charge in [-0.1, -0.05) is 18.2 Å². The Morgan fingerprint density at radius 2 is 1.42 bits per heavy atom. The molecule has 33 heavy (non-hydrogen) atoms. The third-order valence-electron chi connectivity index (χ3n) is 4.51. The summed E-state index contributed by atoms with van der Waals surface area (Å²) in [4.78, 5) is 35.7. The van der Waals surface area contributed by atoms with Gasteiger partial charge in [-0.05, 0) is 60.2 Å². The number of primary sulfonamides is 1. The quantitative estimate of drug-likeness (QED) is 0.357. The van der Waals surface area contributed by atoms with Crippen molar-refractivity contribution in [2.75, 3.05) is 10.6 Å². The van der Waals surface area contributed by atoms with Crippen molar-refractivity contribution in [3.05, 3.63) is 89.5 Å². The Bertz CT molecular complexity index is 1290. The van der Waals surface area contributed by atoms with Gasteiger partial charge in [-0.15, -0.1) is 0 Å². The van der Waals surface area contributed by atoms with Crippen LogP contribution >= 0.6 is 0 Å². The van der Waals surface area contributed by atoms with E-state index in [2.05, 4.69) is 16.0 Å². The number of rotatable bonds is 7. The maximum Gasteiger partial charge on any atom is 0.323 e. The number of urea groups is 1. The zero-order valence-corrected chi connectivity index (χ0v) is 18.1. The van der Waals surface area contributed by atoms with Gasteiger partial charge in [0.05, 0.1) is 4.90 Å². The molecule has 3 aromatic rings. The van der Waals surface area contributed by atoms with Crippen LogP contribution in [0.2, 0.25) is 0 Å². The van der Waals surface area contributed by atoms with Crippen LogP contribution in [0.1, 0.15) is 26.3 Å². The Balaban J connectivity index is 1.54. The zero-order valence-electron chi connectivity index (χ0n) is 17.2. The van der Waals surface area contributed by atoms with Crippen LogP contribution in [0, 0.1) is 0 Å². The first-order valence-corrected chi connectivity index (χ1v) is 11.1. The molecule has 0 saturated heterocycles. The van der Waals surface area contributed by atoms with Crippen LogP contribution in [0.3, 0.4) is 0 Å². The molecule has 0 radical (unpaired) electrons. The van der Waals surface area contributed by atoms with Crippen LogP contribution in [-0.4, -0.2) is 26.3 Å². The van der Waals surface area contributed by atoms with Crippen LogP contribution in [0.5, 0.6) is 0 Å². The molecule has 0 atom stereocenters. The van der Waals surface area contributed by atoms with Crippen molar-refractivity contribution in [2.24, 2.45) is 10.9 Å². The summed E-state index contributed by atoms with van der Waals surface area (Å²) in [5.41, 5.74) is 7.42. The monoisotopic (exact) mass is 467 g/mol. The maximum atomic E-state index is 12.3. The van der Waals surface area contributed by atoms with Crippen molar-refractivity contribution in [1.29, 1.82) is 0 Å². The fourth-order valence-electron chi connectivity index (χ4n) is 2.83. The lowest BCUT2D eigenvalue weighted by Crippen LogP contribution is -2.23. The Morgan fingerprint density at radius 1 is 0.788 bits per heavy atom. The number of sulfonamides is 1. The number of benzene rings is 3. The average molecular weight is 468 g/mol. The lowest BCUT2D eigenvalue weighted by molar-refractivity contribution is 0.0949. The Hall–Kier alpha value is -4.22. The molecular weight excluding hydrogens is 446 g/mol. The predicted octanol–water partition coefficient (Wildman–Crippen LogP) is 2.01. The summed E-state index contributed by atoms with van der Waals surface area (Å²) in [5, 5.41) is 13.0. The van der Waals surface area contributed by atoms with Crippen molar-refractivity contribution >= 4 is 39.2 Å². The second kappa shape index (κ2) is 9.94. The van der Waals surface area contributed by atoms with Crippen molar-refractivity contribution in [1.82, 2.24) is 5.32 Å². The summed E-state index contributed by atoms with van der Waals surface area (Å²) >= 11 is 0. The van der Waals surface area contributed by atoms with Gasteiger partial charge < -0.3 is 21.7 Å². The second-order valence-electron chi connectivity index (χ2n) is 6.97. The fourth-order valence-corrected chi connectivity index (χ4v) is 3.35. The van der Waals surface area contributed by atoms with Crippen molar-refractivity contribution in [3.8, 4) is 0 Å². The van der Waals surface area contributed by atoms with Gasteiger partial charge in [0.2, 0.25) is 15.9 Å². The smallest absolute Gasteiger partial charge is 0.323 e. The number of amides is 4. The van der Waals surface area contributed by atoms with Gasteiger partial charge in [-0.2, -0.15) is 0 Å². The van der Waals surface area contributed by atoms with E-state index in [0.29, 0.717) is 22.5 Å². The summed E-state index contributed by atoms with van der Waals surface area (Å²) in [6.07, 6.45) is 0. The summed E-state index contributed by atoms with van der Waals surface area (Å²) in [6, 6.07) is 17.7. The van der Waals surface area contributed by atoms with Crippen molar-refractivity contribution in [2.45, 2.75) is 11.4 Å². The van der Waals surface area contributed by atoms with E-state index in [-0.39, 0.29) is 22.9 Å². The highest BCUT2D eigenvalue weighted by Crippen LogP contribution is 2.14. The zero-order chi connectivity index (χ0) is 24.0. The molecule has 10 nitrogen and oxygen atoms in total. The number of nitrogens with one attached hydrogen (secondary N) is 3. The van der Waals surface area contributed by atoms with Crippen LogP contribution < -0.4 is 26.8 Å². The first-order chi connectivity index (χ1) is 15.6. The number of carbonyl (C=O) groups excluding carboxylic acids is 3. The molecule has 0 aliphatic heterocycles. The van der Waals surface area contributed by atoms with Gasteiger partial charge >= 0.3 is 6.03 Å². The summed E-state index contributed by atoms with van der Waals surface area (Å²) in [7, 11) is -3.77. The average Bonchev–Trinajstić information content (AvgIpc) is 2.77. The Kier molecular flexibility index (Phi) is 7.06. The molecule has 0 aromatic heterocycles. The number of hydrogen-bond acceptors (Lipinski definition) is 5. The lowest BCUT2D eigenvalue weighted by atomic mass is 10.1. The maximum absolute atomic E-state index is 12.3. The van der Waals surface area contributed by atoms with Gasteiger partial charge in [-0.25, -0.2) is 18.4 Å². The molecule has 0 fully saturated rings. The van der Waals surface area contributed by atoms with E-state index in [1.165, 1.54) is 24.3 Å². The molecule has 0 aliphatic rings. The van der Waals surface area contributed by atoms with Gasteiger partial charge in [0.15, 0.2) is 0 Å². The minimum absolute atomic E-state index is 0.00900. The van der Waals surface area contributed by atoms with E-state index >= 15 is 0 Å².